The van der Waals surface area contributed by atoms with Gasteiger partial charge in [0.2, 0.25) is 11.8 Å². The molecule has 3 rings (SSSR count). The summed E-state index contributed by atoms with van der Waals surface area (Å²) in [6.07, 6.45) is 1.66. The van der Waals surface area contributed by atoms with Crippen molar-refractivity contribution in [1.82, 2.24) is 9.80 Å². The third-order valence-corrected chi connectivity index (χ3v) is 6.38. The number of fused-ring (bicyclic) bond motifs is 1. The average Bonchev–Trinajstić information content (AvgIpc) is 3.19. The number of benzene rings is 1. The largest absolute Gasteiger partial charge is 0.491 e. The van der Waals surface area contributed by atoms with Gasteiger partial charge in [0.25, 0.3) is 0 Å². The van der Waals surface area contributed by atoms with Crippen LogP contribution in [0.4, 0.5) is 4.39 Å². The highest BCUT2D eigenvalue weighted by molar-refractivity contribution is 7.10. The maximum absolute atomic E-state index is 13.2. The van der Waals surface area contributed by atoms with Gasteiger partial charge in [0.15, 0.2) is 0 Å². The van der Waals surface area contributed by atoms with E-state index >= 15 is 0 Å². The molecule has 5 nitrogen and oxygen atoms in total. The Labute approximate surface area is 181 Å². The van der Waals surface area contributed by atoms with Gasteiger partial charge in [-0.3, -0.25) is 9.59 Å². The molecule has 7 heteroatoms. The van der Waals surface area contributed by atoms with Crippen LogP contribution in [-0.4, -0.2) is 47.9 Å². The first-order chi connectivity index (χ1) is 14.3. The van der Waals surface area contributed by atoms with Crippen molar-refractivity contribution in [2.45, 2.75) is 39.7 Å². The van der Waals surface area contributed by atoms with E-state index in [0.29, 0.717) is 24.8 Å². The third kappa shape index (κ3) is 5.59. The molecule has 0 N–H and O–H groups in total. The topological polar surface area (TPSA) is 49.9 Å². The molecule has 2 amide bonds. The summed E-state index contributed by atoms with van der Waals surface area (Å²) in [4.78, 5) is 29.9. The van der Waals surface area contributed by atoms with Crippen molar-refractivity contribution in [3.63, 3.8) is 0 Å². The zero-order valence-corrected chi connectivity index (χ0v) is 18.6. The van der Waals surface area contributed by atoms with Crippen LogP contribution in [0.1, 0.15) is 43.7 Å². The van der Waals surface area contributed by atoms with E-state index in [9.17, 15) is 14.0 Å². The van der Waals surface area contributed by atoms with Crippen LogP contribution in [0.25, 0.3) is 0 Å². The van der Waals surface area contributed by atoms with Crippen LogP contribution < -0.4 is 4.74 Å². The number of hydrogen-bond donors (Lipinski definition) is 0. The van der Waals surface area contributed by atoms with Gasteiger partial charge >= 0.3 is 0 Å². The van der Waals surface area contributed by atoms with E-state index in [4.69, 9.17) is 4.74 Å². The second kappa shape index (κ2) is 10.1. The summed E-state index contributed by atoms with van der Waals surface area (Å²) in [5.41, 5.74) is 1.10. The number of hydrogen-bond acceptors (Lipinski definition) is 4. The van der Waals surface area contributed by atoms with Crippen LogP contribution in [0.15, 0.2) is 35.7 Å². The molecule has 0 fully saturated rings. The molecule has 1 aliphatic heterocycles. The quantitative estimate of drug-likeness (QED) is 0.625. The van der Waals surface area contributed by atoms with Gasteiger partial charge in [-0.2, -0.15) is 0 Å². The Hall–Kier alpha value is -2.41. The van der Waals surface area contributed by atoms with Gasteiger partial charge in [-0.1, -0.05) is 13.8 Å². The molecular weight excluding hydrogens is 403 g/mol. The van der Waals surface area contributed by atoms with Crippen molar-refractivity contribution in [3.8, 4) is 5.75 Å². The lowest BCUT2D eigenvalue weighted by Crippen LogP contribution is -2.47. The highest BCUT2D eigenvalue weighted by Crippen LogP contribution is 2.34. The molecule has 0 bridgehead atoms. The lowest BCUT2D eigenvalue weighted by Gasteiger charge is -2.37. The summed E-state index contributed by atoms with van der Waals surface area (Å²) < 4.78 is 19.1. The molecule has 0 radical (unpaired) electrons. The van der Waals surface area contributed by atoms with Crippen molar-refractivity contribution in [1.29, 1.82) is 0 Å². The lowest BCUT2D eigenvalue weighted by atomic mass is 10.0. The molecule has 2 heterocycles. The predicted octanol–water partition coefficient (Wildman–Crippen LogP) is 4.29. The Bertz CT molecular complexity index is 866. The Morgan fingerprint density at radius 2 is 2.00 bits per heavy atom. The number of thiophene rings is 1. The molecule has 1 aromatic heterocycles. The van der Waals surface area contributed by atoms with Crippen molar-refractivity contribution in [2.75, 3.05) is 26.2 Å². The Balaban J connectivity index is 1.73. The fourth-order valence-corrected chi connectivity index (χ4v) is 4.52. The minimum absolute atomic E-state index is 0.0708. The molecule has 162 valence electrons. The molecule has 2 aromatic rings. The second-order valence-electron chi connectivity index (χ2n) is 8.04. The van der Waals surface area contributed by atoms with Crippen LogP contribution in [0.3, 0.4) is 0 Å². The van der Waals surface area contributed by atoms with Gasteiger partial charge < -0.3 is 14.5 Å². The molecule has 0 unspecified atom stereocenters. The average molecular weight is 433 g/mol. The first-order valence-electron chi connectivity index (χ1n) is 10.3. The van der Waals surface area contributed by atoms with Gasteiger partial charge in [-0.15, -0.1) is 11.3 Å². The minimum atomic E-state index is -0.317. The molecule has 1 aromatic carbocycles. The van der Waals surface area contributed by atoms with E-state index in [-0.39, 0.29) is 36.8 Å². The van der Waals surface area contributed by atoms with Crippen LogP contribution in [0.2, 0.25) is 0 Å². The van der Waals surface area contributed by atoms with Gasteiger partial charge in [-0.25, -0.2) is 4.39 Å². The van der Waals surface area contributed by atoms with Gasteiger partial charge in [0.1, 0.15) is 18.2 Å². The summed E-state index contributed by atoms with van der Waals surface area (Å²) in [5.74, 6) is 0.549. The summed E-state index contributed by atoms with van der Waals surface area (Å²) in [5, 5.41) is 2.04. The molecule has 0 saturated carbocycles. The van der Waals surface area contributed by atoms with Crippen molar-refractivity contribution >= 4 is 23.2 Å². The van der Waals surface area contributed by atoms with Crippen LogP contribution >= 0.6 is 11.3 Å². The Morgan fingerprint density at radius 1 is 1.27 bits per heavy atom. The molecule has 1 atom stereocenters. The highest BCUT2D eigenvalue weighted by atomic mass is 32.1. The van der Waals surface area contributed by atoms with Crippen LogP contribution in [0, 0.1) is 11.7 Å². The first kappa shape index (κ1) is 22.3. The highest BCUT2D eigenvalue weighted by Gasteiger charge is 2.33. The second-order valence-corrected chi connectivity index (χ2v) is 9.04. The lowest BCUT2D eigenvalue weighted by molar-refractivity contribution is -0.142. The van der Waals surface area contributed by atoms with Crippen LogP contribution in [-0.2, 0) is 16.0 Å². The zero-order chi connectivity index (χ0) is 21.7. The third-order valence-electron chi connectivity index (χ3n) is 5.38. The van der Waals surface area contributed by atoms with Gasteiger partial charge in [0.05, 0.1) is 12.6 Å². The number of ether oxygens (including phenoxy) is 1. The van der Waals surface area contributed by atoms with Crippen LogP contribution in [0.5, 0.6) is 5.75 Å². The van der Waals surface area contributed by atoms with E-state index in [1.807, 2.05) is 16.3 Å². The summed E-state index contributed by atoms with van der Waals surface area (Å²) in [6.45, 7) is 7.25. The number of carbonyl (C=O) groups is 2. The van der Waals surface area contributed by atoms with Crippen molar-refractivity contribution in [2.24, 2.45) is 5.92 Å². The van der Waals surface area contributed by atoms with E-state index < -0.39 is 0 Å². The summed E-state index contributed by atoms with van der Waals surface area (Å²) >= 11 is 1.69. The zero-order valence-electron chi connectivity index (χ0n) is 17.8. The molecule has 1 aliphatic rings. The van der Waals surface area contributed by atoms with Gasteiger partial charge in [-0.05, 0) is 60.0 Å². The standard InChI is InChI=1S/C23H29FN2O3S/c1-16(2)8-11-25(17(3)27)14-23(28)26-12-9-22-20(10-13-30-22)21(26)15-29-19-6-4-18(24)5-7-19/h4-7,10,13,16,21H,8-9,11-12,14-15H2,1-3H3/t21-/m1/s1. The maximum Gasteiger partial charge on any atom is 0.242 e. The molecular formula is C23H29FN2O3S. The fraction of sp³-hybridized carbons (Fsp3) is 0.478. The van der Waals surface area contributed by atoms with Crippen molar-refractivity contribution in [3.05, 3.63) is 52.0 Å². The fourth-order valence-electron chi connectivity index (χ4n) is 3.60. The normalized spacial score (nSPS) is 15.8. The minimum Gasteiger partial charge on any atom is -0.491 e. The predicted molar refractivity (Wildman–Crippen MR) is 116 cm³/mol. The SMILES string of the molecule is CC(=O)N(CCC(C)C)CC(=O)N1CCc2sccc2[C@H]1COc1ccc(F)cc1. The van der Waals surface area contributed by atoms with E-state index in [0.717, 1.165) is 18.4 Å². The summed E-state index contributed by atoms with van der Waals surface area (Å²) in [7, 11) is 0. The number of rotatable bonds is 8. The molecule has 30 heavy (non-hydrogen) atoms. The van der Waals surface area contributed by atoms with E-state index in [1.165, 1.54) is 23.9 Å². The first-order valence-corrected chi connectivity index (χ1v) is 11.2. The molecule has 0 saturated heterocycles. The summed E-state index contributed by atoms with van der Waals surface area (Å²) in [6, 6.07) is 7.70. The van der Waals surface area contributed by atoms with Gasteiger partial charge in [0, 0.05) is 24.9 Å². The smallest absolute Gasteiger partial charge is 0.242 e. The number of halogens is 1. The van der Waals surface area contributed by atoms with E-state index in [1.54, 1.807) is 28.4 Å². The molecule has 0 aliphatic carbocycles. The Morgan fingerprint density at radius 3 is 2.67 bits per heavy atom. The van der Waals surface area contributed by atoms with Crippen molar-refractivity contribution < 1.29 is 18.7 Å². The monoisotopic (exact) mass is 432 g/mol. The maximum atomic E-state index is 13.2. The number of carbonyl (C=O) groups excluding carboxylic acids is 2. The number of amides is 2. The van der Waals surface area contributed by atoms with E-state index in [2.05, 4.69) is 13.8 Å². The molecule has 0 spiro atoms. The number of nitrogens with zero attached hydrogens (tertiary/aromatic N) is 2. The Kier molecular flexibility index (Phi) is 7.48.